The lowest BCUT2D eigenvalue weighted by atomic mass is 10.2. The molecule has 0 aromatic heterocycles. The van der Waals surface area contributed by atoms with Crippen LogP contribution < -0.4 is 10.0 Å². The lowest BCUT2D eigenvalue weighted by Crippen LogP contribution is -2.36. The van der Waals surface area contributed by atoms with E-state index in [-0.39, 0.29) is 22.2 Å². The maximum absolute atomic E-state index is 12.2. The minimum absolute atomic E-state index is 0.0337. The van der Waals surface area contributed by atoms with Crippen molar-refractivity contribution in [3.8, 4) is 0 Å². The van der Waals surface area contributed by atoms with Gasteiger partial charge in [0.25, 0.3) is 5.69 Å². The van der Waals surface area contributed by atoms with E-state index in [1.54, 1.807) is 0 Å². The SMILES string of the molecule is Cc1c([N+](=O)[O-])cccc1S(=O)(=O)N[C@@H]1CCNC1. The van der Waals surface area contributed by atoms with E-state index in [2.05, 4.69) is 10.0 Å². The van der Waals surface area contributed by atoms with Crippen LogP contribution in [0, 0.1) is 17.0 Å². The topological polar surface area (TPSA) is 101 Å². The highest BCUT2D eigenvalue weighted by atomic mass is 32.2. The fourth-order valence-corrected chi connectivity index (χ4v) is 3.66. The number of rotatable bonds is 4. The molecule has 0 bridgehead atoms. The van der Waals surface area contributed by atoms with Gasteiger partial charge in [-0.25, -0.2) is 13.1 Å². The zero-order chi connectivity index (χ0) is 14.0. The van der Waals surface area contributed by atoms with Crippen LogP contribution in [0.15, 0.2) is 23.1 Å². The molecule has 1 aliphatic rings. The van der Waals surface area contributed by atoms with Gasteiger partial charge < -0.3 is 5.32 Å². The molecule has 1 aromatic carbocycles. The minimum atomic E-state index is -3.72. The van der Waals surface area contributed by atoms with Gasteiger partial charge in [-0.1, -0.05) is 6.07 Å². The van der Waals surface area contributed by atoms with E-state index >= 15 is 0 Å². The standard InChI is InChI=1S/C11H15N3O4S/c1-8-10(14(15)16)3-2-4-11(8)19(17,18)13-9-5-6-12-7-9/h2-4,9,12-13H,5-7H2,1H3/t9-/m1/s1. The number of sulfonamides is 1. The Labute approximate surface area is 111 Å². The van der Waals surface area contributed by atoms with Crippen molar-refractivity contribution >= 4 is 15.7 Å². The second kappa shape index (κ2) is 5.24. The Kier molecular flexibility index (Phi) is 3.83. The lowest BCUT2D eigenvalue weighted by molar-refractivity contribution is -0.385. The molecule has 0 spiro atoms. The summed E-state index contributed by atoms with van der Waals surface area (Å²) < 4.78 is 27.0. The van der Waals surface area contributed by atoms with E-state index < -0.39 is 14.9 Å². The molecule has 8 heteroatoms. The lowest BCUT2D eigenvalue weighted by Gasteiger charge is -2.13. The first-order valence-electron chi connectivity index (χ1n) is 5.89. The molecule has 0 radical (unpaired) electrons. The van der Waals surface area contributed by atoms with Gasteiger partial charge in [0.1, 0.15) is 0 Å². The zero-order valence-electron chi connectivity index (χ0n) is 10.4. The van der Waals surface area contributed by atoms with Gasteiger partial charge in [-0.2, -0.15) is 0 Å². The number of nitrogens with zero attached hydrogens (tertiary/aromatic N) is 1. The highest BCUT2D eigenvalue weighted by Gasteiger charge is 2.26. The fourth-order valence-electron chi connectivity index (χ4n) is 2.13. The number of nitro groups is 1. The summed E-state index contributed by atoms with van der Waals surface area (Å²) in [6.45, 7) is 2.79. The first-order valence-corrected chi connectivity index (χ1v) is 7.37. The normalized spacial score (nSPS) is 19.5. The van der Waals surface area contributed by atoms with Gasteiger partial charge in [0.15, 0.2) is 0 Å². The molecule has 0 unspecified atom stereocenters. The average molecular weight is 285 g/mol. The molecule has 1 saturated heterocycles. The fraction of sp³-hybridized carbons (Fsp3) is 0.455. The molecule has 2 N–H and O–H groups in total. The predicted molar refractivity (Wildman–Crippen MR) is 69.4 cm³/mol. The summed E-state index contributed by atoms with van der Waals surface area (Å²) in [4.78, 5) is 10.2. The van der Waals surface area contributed by atoms with Crippen LogP contribution in [-0.2, 0) is 10.0 Å². The predicted octanol–water partition coefficient (Wildman–Crippen LogP) is 0.543. The second-order valence-corrected chi connectivity index (χ2v) is 6.15. The van der Waals surface area contributed by atoms with Crippen molar-refractivity contribution in [1.82, 2.24) is 10.0 Å². The van der Waals surface area contributed by atoms with Crippen molar-refractivity contribution in [3.05, 3.63) is 33.9 Å². The van der Waals surface area contributed by atoms with Crippen LogP contribution in [0.3, 0.4) is 0 Å². The first-order chi connectivity index (χ1) is 8.92. The number of nitro benzene ring substituents is 1. The van der Waals surface area contributed by atoms with Crippen molar-refractivity contribution in [2.24, 2.45) is 0 Å². The van der Waals surface area contributed by atoms with Gasteiger partial charge in [-0.3, -0.25) is 10.1 Å². The second-order valence-electron chi connectivity index (χ2n) is 4.47. The van der Waals surface area contributed by atoms with Crippen molar-refractivity contribution in [1.29, 1.82) is 0 Å². The Morgan fingerprint density at radius 1 is 1.47 bits per heavy atom. The van der Waals surface area contributed by atoms with Crippen molar-refractivity contribution < 1.29 is 13.3 Å². The van der Waals surface area contributed by atoms with E-state index in [0.29, 0.717) is 13.0 Å². The molecule has 1 aromatic rings. The summed E-state index contributed by atoms with van der Waals surface area (Å²) >= 11 is 0. The Morgan fingerprint density at radius 2 is 2.21 bits per heavy atom. The summed E-state index contributed by atoms with van der Waals surface area (Å²) in [5.74, 6) is 0. The maximum Gasteiger partial charge on any atom is 0.273 e. The summed E-state index contributed by atoms with van der Waals surface area (Å²) in [5, 5.41) is 13.9. The van der Waals surface area contributed by atoms with Gasteiger partial charge in [0, 0.05) is 24.2 Å². The van der Waals surface area contributed by atoms with Crippen LogP contribution >= 0.6 is 0 Å². The Balaban J connectivity index is 2.34. The molecule has 0 amide bonds. The molecule has 1 aliphatic heterocycles. The molecule has 0 aliphatic carbocycles. The molecular weight excluding hydrogens is 270 g/mol. The van der Waals surface area contributed by atoms with Gasteiger partial charge in [-0.15, -0.1) is 0 Å². The Hall–Kier alpha value is -1.51. The van der Waals surface area contributed by atoms with Crippen molar-refractivity contribution in [3.63, 3.8) is 0 Å². The molecule has 1 atom stereocenters. The van der Waals surface area contributed by atoms with E-state index in [9.17, 15) is 18.5 Å². The zero-order valence-corrected chi connectivity index (χ0v) is 11.2. The molecule has 1 heterocycles. The van der Waals surface area contributed by atoms with Crippen LogP contribution in [0.4, 0.5) is 5.69 Å². The molecule has 7 nitrogen and oxygen atoms in total. The molecule has 2 rings (SSSR count). The largest absolute Gasteiger partial charge is 0.315 e. The van der Waals surface area contributed by atoms with Crippen molar-refractivity contribution in [2.45, 2.75) is 24.3 Å². The van der Waals surface area contributed by atoms with E-state index in [1.165, 1.54) is 25.1 Å². The van der Waals surface area contributed by atoms with E-state index in [4.69, 9.17) is 0 Å². The molecule has 104 valence electrons. The number of hydrogen-bond acceptors (Lipinski definition) is 5. The third kappa shape index (κ3) is 2.91. The Bertz CT molecular complexity index is 594. The molecule has 1 fully saturated rings. The minimum Gasteiger partial charge on any atom is -0.315 e. The quantitative estimate of drug-likeness (QED) is 0.621. The number of benzene rings is 1. The highest BCUT2D eigenvalue weighted by Crippen LogP contribution is 2.24. The van der Waals surface area contributed by atoms with Crippen molar-refractivity contribution in [2.75, 3.05) is 13.1 Å². The number of hydrogen-bond donors (Lipinski definition) is 2. The van der Waals surface area contributed by atoms with E-state index in [0.717, 1.165) is 6.54 Å². The van der Waals surface area contributed by atoms with Gasteiger partial charge >= 0.3 is 0 Å². The first kappa shape index (κ1) is 13.9. The third-order valence-corrected chi connectivity index (χ3v) is 4.79. The van der Waals surface area contributed by atoms with Crippen LogP contribution in [0.25, 0.3) is 0 Å². The molecular formula is C11H15N3O4S. The van der Waals surface area contributed by atoms with Gasteiger partial charge in [-0.05, 0) is 26.0 Å². The van der Waals surface area contributed by atoms with Gasteiger partial charge in [0.05, 0.1) is 9.82 Å². The smallest absolute Gasteiger partial charge is 0.273 e. The monoisotopic (exact) mass is 285 g/mol. The van der Waals surface area contributed by atoms with E-state index in [1.807, 2.05) is 0 Å². The molecule has 0 saturated carbocycles. The van der Waals surface area contributed by atoms with Crippen LogP contribution in [0.5, 0.6) is 0 Å². The summed E-state index contributed by atoms with van der Waals surface area (Å²) in [6, 6.07) is 3.90. The van der Waals surface area contributed by atoms with Crippen LogP contribution in [0.2, 0.25) is 0 Å². The third-order valence-electron chi connectivity index (χ3n) is 3.12. The number of nitrogens with one attached hydrogen (secondary N) is 2. The maximum atomic E-state index is 12.2. The summed E-state index contributed by atoms with van der Waals surface area (Å²) in [6.07, 6.45) is 0.715. The van der Waals surface area contributed by atoms with Crippen LogP contribution in [-0.4, -0.2) is 32.5 Å². The Morgan fingerprint density at radius 3 is 2.79 bits per heavy atom. The summed E-state index contributed by atoms with van der Waals surface area (Å²) in [7, 11) is -3.72. The average Bonchev–Trinajstić information content (AvgIpc) is 2.80. The molecule has 19 heavy (non-hydrogen) atoms. The van der Waals surface area contributed by atoms with Gasteiger partial charge in [0.2, 0.25) is 10.0 Å². The summed E-state index contributed by atoms with van der Waals surface area (Å²) in [5.41, 5.74) is -0.0293. The van der Waals surface area contributed by atoms with Crippen LogP contribution in [0.1, 0.15) is 12.0 Å². The highest BCUT2D eigenvalue weighted by molar-refractivity contribution is 7.89.